The lowest BCUT2D eigenvalue weighted by Crippen LogP contribution is -2.57. The second kappa shape index (κ2) is 9.37. The number of piperazine rings is 1. The molecule has 1 aromatic carbocycles. The van der Waals surface area contributed by atoms with E-state index < -0.39 is 5.54 Å². The van der Waals surface area contributed by atoms with Gasteiger partial charge in [0.1, 0.15) is 11.4 Å². The highest BCUT2D eigenvalue weighted by Gasteiger charge is 2.48. The van der Waals surface area contributed by atoms with Gasteiger partial charge in [0.05, 0.1) is 6.54 Å². The van der Waals surface area contributed by atoms with Gasteiger partial charge in [-0.2, -0.15) is 0 Å². The number of ketones is 1. The topological polar surface area (TPSA) is 56.8 Å². The van der Waals surface area contributed by atoms with E-state index in [4.69, 9.17) is 11.6 Å². The number of halogens is 1. The summed E-state index contributed by atoms with van der Waals surface area (Å²) in [6.07, 6.45) is 4.66. The largest absolute Gasteiger partial charge is 0.354 e. The van der Waals surface area contributed by atoms with Crippen molar-refractivity contribution in [3.05, 3.63) is 59.2 Å². The number of anilines is 1. The van der Waals surface area contributed by atoms with Gasteiger partial charge >= 0.3 is 0 Å². The van der Waals surface area contributed by atoms with E-state index in [0.29, 0.717) is 24.4 Å². The van der Waals surface area contributed by atoms with E-state index in [1.165, 1.54) is 0 Å². The Hall–Kier alpha value is -2.44. The first-order valence-electron chi connectivity index (χ1n) is 11.0. The molecule has 1 saturated carbocycles. The van der Waals surface area contributed by atoms with Crippen LogP contribution in [0.5, 0.6) is 0 Å². The SMILES string of the molecule is CN(C(=O)CN1CCN(c2ccccn2)CC1)C1(c2ccccc2Cl)CCCCC1=O. The predicted octanol–water partition coefficient (Wildman–Crippen LogP) is 3.35. The zero-order chi connectivity index (χ0) is 21.8. The van der Waals surface area contributed by atoms with Gasteiger partial charge in [0.2, 0.25) is 5.91 Å². The molecule has 1 aliphatic carbocycles. The minimum Gasteiger partial charge on any atom is -0.354 e. The lowest BCUT2D eigenvalue weighted by Gasteiger charge is -2.45. The van der Waals surface area contributed by atoms with E-state index in [1.54, 1.807) is 24.2 Å². The first-order valence-corrected chi connectivity index (χ1v) is 11.3. The number of carbonyl (C=O) groups excluding carboxylic acids is 2. The molecule has 2 fully saturated rings. The first kappa shape index (κ1) is 21.8. The Morgan fingerprint density at radius 1 is 1.10 bits per heavy atom. The standard InChI is InChI=1S/C24H29ClN4O2/c1-27(24(12-6-4-10-21(24)30)19-8-2-3-9-20(19)25)23(31)18-28-14-16-29(17-15-28)22-11-5-7-13-26-22/h2-3,5,7-9,11,13H,4,6,10,12,14-18H2,1H3. The number of amides is 1. The van der Waals surface area contributed by atoms with Gasteiger partial charge in [0.15, 0.2) is 5.78 Å². The van der Waals surface area contributed by atoms with Gasteiger partial charge in [-0.15, -0.1) is 0 Å². The minimum absolute atomic E-state index is 0.0403. The van der Waals surface area contributed by atoms with Crippen LogP contribution in [0.25, 0.3) is 0 Å². The smallest absolute Gasteiger partial charge is 0.237 e. The average molecular weight is 441 g/mol. The Kier molecular flexibility index (Phi) is 6.58. The number of benzene rings is 1. The van der Waals surface area contributed by atoms with Crippen LogP contribution in [0, 0.1) is 0 Å². The summed E-state index contributed by atoms with van der Waals surface area (Å²) in [7, 11) is 1.76. The van der Waals surface area contributed by atoms with E-state index in [0.717, 1.165) is 50.4 Å². The molecule has 1 aliphatic heterocycles. The summed E-state index contributed by atoms with van der Waals surface area (Å²) >= 11 is 6.52. The number of aromatic nitrogens is 1. The number of hydrogen-bond donors (Lipinski definition) is 0. The molecule has 2 aliphatic rings. The third-order valence-corrected chi connectivity index (χ3v) is 6.95. The van der Waals surface area contributed by atoms with Crippen molar-refractivity contribution >= 4 is 29.1 Å². The number of rotatable bonds is 5. The fourth-order valence-corrected chi connectivity index (χ4v) is 5.11. The van der Waals surface area contributed by atoms with Crippen molar-refractivity contribution in [3.63, 3.8) is 0 Å². The zero-order valence-corrected chi connectivity index (χ0v) is 18.7. The van der Waals surface area contributed by atoms with Crippen molar-refractivity contribution < 1.29 is 9.59 Å². The summed E-state index contributed by atoms with van der Waals surface area (Å²) in [6.45, 7) is 3.50. The Bertz CT molecular complexity index is 930. The lowest BCUT2D eigenvalue weighted by atomic mass is 9.74. The van der Waals surface area contributed by atoms with Gasteiger partial charge in [-0.25, -0.2) is 4.98 Å². The first-order chi connectivity index (χ1) is 15.0. The highest BCUT2D eigenvalue weighted by Crippen LogP contribution is 2.42. The fraction of sp³-hybridized carbons (Fsp3) is 0.458. The molecule has 4 rings (SSSR count). The molecule has 1 amide bonds. The highest BCUT2D eigenvalue weighted by atomic mass is 35.5. The Labute approximate surface area is 188 Å². The van der Waals surface area contributed by atoms with Crippen LogP contribution in [-0.4, -0.2) is 66.2 Å². The minimum atomic E-state index is -0.969. The predicted molar refractivity (Wildman–Crippen MR) is 122 cm³/mol. The molecule has 1 saturated heterocycles. The van der Waals surface area contributed by atoms with Gasteiger partial charge in [0, 0.05) is 56.4 Å². The van der Waals surface area contributed by atoms with Crippen molar-refractivity contribution in [2.24, 2.45) is 0 Å². The molecule has 1 aromatic heterocycles. The van der Waals surface area contributed by atoms with Gasteiger partial charge in [-0.05, 0) is 37.5 Å². The average Bonchev–Trinajstić information content (AvgIpc) is 2.81. The summed E-state index contributed by atoms with van der Waals surface area (Å²) in [4.78, 5) is 37.1. The van der Waals surface area contributed by atoms with Crippen molar-refractivity contribution in [1.29, 1.82) is 0 Å². The molecule has 0 bridgehead atoms. The molecule has 164 valence electrons. The number of hydrogen-bond acceptors (Lipinski definition) is 5. The second-order valence-electron chi connectivity index (χ2n) is 8.37. The Morgan fingerprint density at radius 3 is 2.52 bits per heavy atom. The van der Waals surface area contributed by atoms with E-state index in [1.807, 2.05) is 36.4 Å². The molecule has 0 spiro atoms. The maximum absolute atomic E-state index is 13.4. The number of nitrogens with zero attached hydrogens (tertiary/aromatic N) is 4. The molecule has 1 unspecified atom stereocenters. The molecule has 6 nitrogen and oxygen atoms in total. The van der Waals surface area contributed by atoms with Crippen molar-refractivity contribution in [3.8, 4) is 0 Å². The zero-order valence-electron chi connectivity index (χ0n) is 18.0. The van der Waals surface area contributed by atoms with Crippen LogP contribution < -0.4 is 4.90 Å². The molecule has 1 atom stereocenters. The summed E-state index contributed by atoms with van der Waals surface area (Å²) in [5.41, 5.74) is -0.221. The molecule has 2 aromatic rings. The van der Waals surface area contributed by atoms with Crippen LogP contribution >= 0.6 is 11.6 Å². The maximum Gasteiger partial charge on any atom is 0.237 e. The summed E-state index contributed by atoms with van der Waals surface area (Å²) < 4.78 is 0. The lowest BCUT2D eigenvalue weighted by molar-refractivity contribution is -0.148. The Morgan fingerprint density at radius 2 is 1.84 bits per heavy atom. The molecule has 7 heteroatoms. The molecular formula is C24H29ClN4O2. The summed E-state index contributed by atoms with van der Waals surface area (Å²) in [5, 5.41) is 0.543. The van der Waals surface area contributed by atoms with E-state index in [-0.39, 0.29) is 11.7 Å². The second-order valence-corrected chi connectivity index (χ2v) is 8.78. The summed E-state index contributed by atoms with van der Waals surface area (Å²) in [6, 6.07) is 13.3. The van der Waals surface area contributed by atoms with Gasteiger partial charge < -0.3 is 9.80 Å². The van der Waals surface area contributed by atoms with Crippen molar-refractivity contribution in [1.82, 2.24) is 14.8 Å². The third kappa shape index (κ3) is 4.32. The molecule has 2 heterocycles. The van der Waals surface area contributed by atoms with Crippen LogP contribution in [0.4, 0.5) is 5.82 Å². The van der Waals surface area contributed by atoms with Crippen LogP contribution in [-0.2, 0) is 15.1 Å². The van der Waals surface area contributed by atoms with Gasteiger partial charge in [-0.1, -0.05) is 35.9 Å². The number of carbonyl (C=O) groups is 2. The van der Waals surface area contributed by atoms with Crippen molar-refractivity contribution in [2.75, 3.05) is 44.7 Å². The van der Waals surface area contributed by atoms with Crippen LogP contribution in [0.15, 0.2) is 48.7 Å². The third-order valence-electron chi connectivity index (χ3n) is 6.62. The van der Waals surface area contributed by atoms with E-state index in [2.05, 4.69) is 14.8 Å². The van der Waals surface area contributed by atoms with Crippen LogP contribution in [0.2, 0.25) is 5.02 Å². The van der Waals surface area contributed by atoms with Crippen molar-refractivity contribution in [2.45, 2.75) is 31.2 Å². The fourth-order valence-electron chi connectivity index (χ4n) is 4.82. The number of Topliss-reactive ketones (excluding diaryl/α,β-unsaturated/α-hetero) is 1. The molecule has 0 radical (unpaired) electrons. The maximum atomic E-state index is 13.4. The normalized spacial score (nSPS) is 22.4. The Balaban J connectivity index is 1.47. The molecule has 0 N–H and O–H groups in total. The quantitative estimate of drug-likeness (QED) is 0.713. The number of pyridine rings is 1. The van der Waals surface area contributed by atoms with E-state index >= 15 is 0 Å². The molecular weight excluding hydrogens is 412 g/mol. The number of likely N-dealkylation sites (N-methyl/N-ethyl adjacent to an activating group) is 1. The monoisotopic (exact) mass is 440 g/mol. The summed E-state index contributed by atoms with van der Waals surface area (Å²) in [5.74, 6) is 1.01. The van der Waals surface area contributed by atoms with Gasteiger partial charge in [-0.3, -0.25) is 14.5 Å². The van der Waals surface area contributed by atoms with Gasteiger partial charge in [0.25, 0.3) is 0 Å². The molecule has 31 heavy (non-hydrogen) atoms. The van der Waals surface area contributed by atoms with Crippen LogP contribution in [0.1, 0.15) is 31.2 Å². The highest BCUT2D eigenvalue weighted by molar-refractivity contribution is 6.31. The van der Waals surface area contributed by atoms with E-state index in [9.17, 15) is 9.59 Å². The van der Waals surface area contributed by atoms with Crippen LogP contribution in [0.3, 0.4) is 0 Å².